The van der Waals surface area contributed by atoms with E-state index in [1.54, 1.807) is 13.4 Å². The van der Waals surface area contributed by atoms with Gasteiger partial charge in [-0.05, 0) is 48.4 Å². The van der Waals surface area contributed by atoms with Gasteiger partial charge in [-0.1, -0.05) is 30.3 Å². The second-order valence-electron chi connectivity index (χ2n) is 7.28. The molecule has 0 bridgehead atoms. The molecule has 0 radical (unpaired) electrons. The molecule has 0 aliphatic carbocycles. The predicted octanol–water partition coefficient (Wildman–Crippen LogP) is 5.10. The van der Waals surface area contributed by atoms with E-state index < -0.39 is 0 Å². The minimum atomic E-state index is -0.0885. The number of hydrogen-bond acceptors (Lipinski definition) is 3. The zero-order valence-corrected chi connectivity index (χ0v) is 17.3. The van der Waals surface area contributed by atoms with Crippen LogP contribution in [0.1, 0.15) is 36.1 Å². The van der Waals surface area contributed by atoms with E-state index in [1.807, 2.05) is 36.4 Å². The molecule has 0 aliphatic rings. The van der Waals surface area contributed by atoms with Gasteiger partial charge in [0.25, 0.3) is 0 Å². The van der Waals surface area contributed by atoms with E-state index in [0.29, 0.717) is 13.0 Å². The van der Waals surface area contributed by atoms with Gasteiger partial charge in [-0.3, -0.25) is 4.79 Å². The molecule has 30 heavy (non-hydrogen) atoms. The number of aromatic nitrogens is 1. The molecule has 0 saturated heterocycles. The number of nitrogens with one attached hydrogen (secondary N) is 1. The molecule has 1 amide bonds. The number of benzene rings is 2. The number of aryl methyl sites for hydroxylation is 1. The van der Waals surface area contributed by atoms with Gasteiger partial charge in [0.2, 0.25) is 5.91 Å². The zero-order valence-electron chi connectivity index (χ0n) is 17.3. The van der Waals surface area contributed by atoms with E-state index in [2.05, 4.69) is 47.3 Å². The highest BCUT2D eigenvalue weighted by atomic mass is 16.5. The fourth-order valence-corrected chi connectivity index (χ4v) is 3.94. The van der Waals surface area contributed by atoms with Crippen LogP contribution >= 0.6 is 0 Å². The maximum atomic E-state index is 12.9. The maximum Gasteiger partial charge on any atom is 0.221 e. The lowest BCUT2D eigenvalue weighted by molar-refractivity contribution is -0.121. The number of ether oxygens (including phenoxy) is 1. The summed E-state index contributed by atoms with van der Waals surface area (Å²) in [5.74, 6) is 1.42. The van der Waals surface area contributed by atoms with Crippen LogP contribution in [-0.4, -0.2) is 17.6 Å². The summed E-state index contributed by atoms with van der Waals surface area (Å²) < 4.78 is 13.0. The van der Waals surface area contributed by atoms with Crippen LogP contribution in [0.25, 0.3) is 10.9 Å². The number of carbonyl (C=O) groups is 1. The number of carbonyl (C=O) groups excluding carboxylic acids is 1. The quantitative estimate of drug-likeness (QED) is 0.446. The van der Waals surface area contributed by atoms with Crippen LogP contribution in [0.15, 0.2) is 77.5 Å². The summed E-state index contributed by atoms with van der Waals surface area (Å²) in [5.41, 5.74) is 3.38. The predicted molar refractivity (Wildman–Crippen MR) is 118 cm³/mol. The minimum Gasteiger partial charge on any atom is -0.497 e. The second kappa shape index (κ2) is 8.91. The molecule has 1 N–H and O–H groups in total. The highest BCUT2D eigenvalue weighted by Gasteiger charge is 2.23. The summed E-state index contributed by atoms with van der Waals surface area (Å²) in [7, 11) is 1.66. The van der Waals surface area contributed by atoms with E-state index in [1.165, 1.54) is 10.9 Å². The summed E-state index contributed by atoms with van der Waals surface area (Å²) in [6, 6.07) is 20.0. The summed E-state index contributed by atoms with van der Waals surface area (Å²) in [6.45, 7) is 3.39. The Hall–Kier alpha value is -3.47. The standard InChI is InChI=1S/C25H26N2O3/c1-3-27-17-23(21-11-4-5-12-24(21)27)22(18-8-6-9-19(14-18)29-2)15-25(28)26-16-20-10-7-13-30-20/h4-14,17,22H,3,15-16H2,1-2H3,(H,26,28). The van der Waals surface area contributed by atoms with E-state index >= 15 is 0 Å². The van der Waals surface area contributed by atoms with Gasteiger partial charge in [-0.2, -0.15) is 0 Å². The van der Waals surface area contributed by atoms with Gasteiger partial charge in [0.15, 0.2) is 0 Å². The highest BCUT2D eigenvalue weighted by molar-refractivity contribution is 5.86. The van der Waals surface area contributed by atoms with Crippen LogP contribution in [0.2, 0.25) is 0 Å². The third-order valence-corrected chi connectivity index (χ3v) is 5.46. The van der Waals surface area contributed by atoms with Crippen LogP contribution in [-0.2, 0) is 17.9 Å². The van der Waals surface area contributed by atoms with Crippen molar-refractivity contribution in [2.75, 3.05) is 7.11 Å². The first-order valence-corrected chi connectivity index (χ1v) is 10.2. The van der Waals surface area contributed by atoms with Gasteiger partial charge in [0.1, 0.15) is 11.5 Å². The van der Waals surface area contributed by atoms with Crippen molar-refractivity contribution in [1.29, 1.82) is 0 Å². The van der Waals surface area contributed by atoms with Crippen molar-refractivity contribution < 1.29 is 13.9 Å². The normalized spacial score (nSPS) is 12.1. The third kappa shape index (κ3) is 4.10. The molecular formula is C25H26N2O3. The number of rotatable bonds is 8. The number of furan rings is 1. The van der Waals surface area contributed by atoms with Gasteiger partial charge in [-0.25, -0.2) is 0 Å². The van der Waals surface area contributed by atoms with Crippen molar-refractivity contribution in [3.63, 3.8) is 0 Å². The summed E-state index contributed by atoms with van der Waals surface area (Å²) in [6.07, 6.45) is 4.13. The Morgan fingerprint density at radius 1 is 1.13 bits per heavy atom. The van der Waals surface area contributed by atoms with Gasteiger partial charge in [0.05, 0.1) is 19.9 Å². The third-order valence-electron chi connectivity index (χ3n) is 5.46. The molecule has 4 rings (SSSR count). The lowest BCUT2D eigenvalue weighted by atomic mass is 9.88. The van der Waals surface area contributed by atoms with Crippen molar-refractivity contribution in [2.45, 2.75) is 32.4 Å². The van der Waals surface area contributed by atoms with Crippen LogP contribution in [0.4, 0.5) is 0 Å². The van der Waals surface area contributed by atoms with Crippen LogP contribution in [0, 0.1) is 0 Å². The zero-order chi connectivity index (χ0) is 20.9. The Balaban J connectivity index is 1.70. The van der Waals surface area contributed by atoms with Crippen molar-refractivity contribution in [3.05, 3.63) is 90.0 Å². The lowest BCUT2D eigenvalue weighted by Gasteiger charge is -2.18. The number of para-hydroxylation sites is 1. The van der Waals surface area contributed by atoms with Gasteiger partial charge in [0, 0.05) is 36.0 Å². The number of methoxy groups -OCH3 is 1. The van der Waals surface area contributed by atoms with E-state index in [4.69, 9.17) is 9.15 Å². The van der Waals surface area contributed by atoms with Crippen LogP contribution in [0.5, 0.6) is 5.75 Å². The number of hydrogen-bond donors (Lipinski definition) is 1. The van der Waals surface area contributed by atoms with Gasteiger partial charge < -0.3 is 19.0 Å². The maximum absolute atomic E-state index is 12.9. The number of nitrogens with zero attached hydrogens (tertiary/aromatic N) is 1. The summed E-state index contributed by atoms with van der Waals surface area (Å²) in [4.78, 5) is 12.9. The van der Waals surface area contributed by atoms with Crippen LogP contribution < -0.4 is 10.1 Å². The Kier molecular flexibility index (Phi) is 5.89. The molecule has 154 valence electrons. The average Bonchev–Trinajstić information content (AvgIpc) is 3.44. The largest absolute Gasteiger partial charge is 0.497 e. The Morgan fingerprint density at radius 2 is 2.00 bits per heavy atom. The Labute approximate surface area is 176 Å². The Bertz CT molecular complexity index is 1130. The van der Waals surface area contributed by atoms with Crippen molar-refractivity contribution in [1.82, 2.24) is 9.88 Å². The topological polar surface area (TPSA) is 56.4 Å². The summed E-state index contributed by atoms with van der Waals surface area (Å²) >= 11 is 0. The summed E-state index contributed by atoms with van der Waals surface area (Å²) in [5, 5.41) is 4.15. The molecule has 5 heteroatoms. The van der Waals surface area contributed by atoms with Crippen LogP contribution in [0.3, 0.4) is 0 Å². The molecule has 5 nitrogen and oxygen atoms in total. The average molecular weight is 402 g/mol. The number of amides is 1. The SMILES string of the molecule is CCn1cc(C(CC(=O)NCc2ccco2)c2cccc(OC)c2)c2ccccc21. The molecule has 1 unspecified atom stereocenters. The molecule has 0 spiro atoms. The molecule has 1 atom stereocenters. The first kappa shape index (κ1) is 19.8. The smallest absolute Gasteiger partial charge is 0.221 e. The monoisotopic (exact) mass is 402 g/mol. The lowest BCUT2D eigenvalue weighted by Crippen LogP contribution is -2.24. The molecule has 2 aromatic heterocycles. The Morgan fingerprint density at radius 3 is 2.77 bits per heavy atom. The number of fused-ring (bicyclic) bond motifs is 1. The molecule has 0 fully saturated rings. The molecular weight excluding hydrogens is 376 g/mol. The van der Waals surface area contributed by atoms with Crippen molar-refractivity contribution in [2.24, 2.45) is 0 Å². The van der Waals surface area contributed by atoms with Crippen molar-refractivity contribution >= 4 is 16.8 Å². The second-order valence-corrected chi connectivity index (χ2v) is 7.28. The van der Waals surface area contributed by atoms with Gasteiger partial charge in [-0.15, -0.1) is 0 Å². The highest BCUT2D eigenvalue weighted by Crippen LogP contribution is 2.36. The van der Waals surface area contributed by atoms with E-state index in [0.717, 1.165) is 29.2 Å². The first-order valence-electron chi connectivity index (χ1n) is 10.2. The molecule has 0 aliphatic heterocycles. The molecule has 4 aromatic rings. The molecule has 2 aromatic carbocycles. The van der Waals surface area contributed by atoms with Gasteiger partial charge >= 0.3 is 0 Å². The van der Waals surface area contributed by atoms with E-state index in [9.17, 15) is 4.79 Å². The van der Waals surface area contributed by atoms with Crippen molar-refractivity contribution in [3.8, 4) is 5.75 Å². The van der Waals surface area contributed by atoms with E-state index in [-0.39, 0.29) is 11.8 Å². The molecule has 2 heterocycles. The minimum absolute atomic E-state index is 0.0208. The fourth-order valence-electron chi connectivity index (χ4n) is 3.94. The molecule has 0 saturated carbocycles. The fraction of sp³-hybridized carbons (Fsp3) is 0.240. The first-order chi connectivity index (χ1) is 14.7.